The molecule has 0 spiro atoms. The fourth-order valence-corrected chi connectivity index (χ4v) is 4.01. The van der Waals surface area contributed by atoms with Gasteiger partial charge in [-0.3, -0.25) is 19.0 Å². The fraction of sp³-hybridized carbons (Fsp3) is 0.174. The van der Waals surface area contributed by atoms with Crippen LogP contribution in [-0.2, 0) is 16.1 Å². The average Bonchev–Trinajstić information content (AvgIpc) is 3.17. The van der Waals surface area contributed by atoms with Crippen LogP contribution in [0.4, 0.5) is 11.4 Å². The normalized spacial score (nSPS) is 15.8. The molecule has 0 unspecified atom stereocenters. The maximum absolute atomic E-state index is 13.3. The third-order valence-corrected chi connectivity index (χ3v) is 5.49. The minimum atomic E-state index is -0.362. The second kappa shape index (κ2) is 7.77. The van der Waals surface area contributed by atoms with Gasteiger partial charge in [0.2, 0.25) is 11.8 Å². The lowest BCUT2D eigenvalue weighted by atomic mass is 10.1. The molecule has 0 fully saturated rings. The molecule has 32 heavy (non-hydrogen) atoms. The van der Waals surface area contributed by atoms with E-state index in [0.717, 1.165) is 5.69 Å². The number of para-hydroxylation sites is 3. The number of hydrogen-bond acceptors (Lipinski definition) is 5. The first-order chi connectivity index (χ1) is 15.5. The molecule has 9 heteroatoms. The van der Waals surface area contributed by atoms with E-state index in [1.807, 2.05) is 37.3 Å². The van der Waals surface area contributed by atoms with Crippen molar-refractivity contribution in [2.24, 2.45) is 0 Å². The zero-order chi connectivity index (χ0) is 22.2. The number of hydrogen-bond donors (Lipinski definition) is 1. The topological polar surface area (TPSA) is 102 Å². The number of aromatic nitrogens is 4. The van der Waals surface area contributed by atoms with Gasteiger partial charge < -0.3 is 10.2 Å². The maximum atomic E-state index is 13.3. The molecule has 160 valence electrons. The van der Waals surface area contributed by atoms with E-state index in [-0.39, 0.29) is 36.4 Å². The average molecular weight is 428 g/mol. The molecule has 0 aliphatic carbocycles. The van der Waals surface area contributed by atoms with Gasteiger partial charge in [0.15, 0.2) is 5.65 Å². The van der Waals surface area contributed by atoms with E-state index in [0.29, 0.717) is 22.4 Å². The van der Waals surface area contributed by atoms with Crippen LogP contribution in [0.15, 0.2) is 71.9 Å². The molecule has 1 N–H and O–H groups in total. The van der Waals surface area contributed by atoms with Gasteiger partial charge in [-0.1, -0.05) is 30.3 Å². The van der Waals surface area contributed by atoms with Gasteiger partial charge in [-0.25, -0.2) is 9.67 Å². The van der Waals surface area contributed by atoms with Crippen LogP contribution < -0.4 is 15.8 Å². The molecule has 0 saturated heterocycles. The molecule has 0 saturated carbocycles. The molecule has 2 aromatic carbocycles. The molecule has 4 aromatic rings. The lowest BCUT2D eigenvalue weighted by molar-refractivity contribution is -0.120. The Kier molecular flexibility index (Phi) is 4.78. The number of benzene rings is 2. The molecule has 1 atom stereocenters. The van der Waals surface area contributed by atoms with E-state index in [1.165, 1.54) is 17.1 Å². The molecule has 1 aliphatic heterocycles. The fourth-order valence-electron chi connectivity index (χ4n) is 4.01. The first kappa shape index (κ1) is 19.7. The Bertz CT molecular complexity index is 1390. The molecule has 1 aliphatic rings. The van der Waals surface area contributed by atoms with Crippen LogP contribution in [0.5, 0.6) is 0 Å². The number of nitrogens with zero attached hydrogens (tertiary/aromatic N) is 5. The number of fused-ring (bicyclic) bond motifs is 2. The Morgan fingerprint density at radius 2 is 1.84 bits per heavy atom. The summed E-state index contributed by atoms with van der Waals surface area (Å²) in [5, 5.41) is 7.45. The van der Waals surface area contributed by atoms with Gasteiger partial charge in [0.05, 0.1) is 23.3 Å². The number of anilines is 2. The summed E-state index contributed by atoms with van der Waals surface area (Å²) in [6.07, 6.45) is 2.99. The minimum absolute atomic E-state index is 0.158. The molecule has 5 rings (SSSR count). The summed E-state index contributed by atoms with van der Waals surface area (Å²) in [6, 6.07) is 16.2. The Balaban J connectivity index is 1.50. The zero-order valence-electron chi connectivity index (χ0n) is 17.3. The molecule has 2 aromatic heterocycles. The largest absolute Gasteiger partial charge is 0.324 e. The summed E-state index contributed by atoms with van der Waals surface area (Å²) in [6.45, 7) is 1.61. The highest BCUT2D eigenvalue weighted by Gasteiger charge is 2.30. The van der Waals surface area contributed by atoms with Crippen LogP contribution in [-0.4, -0.2) is 37.2 Å². The molecule has 0 bridgehead atoms. The van der Waals surface area contributed by atoms with Crippen molar-refractivity contribution in [3.63, 3.8) is 0 Å². The van der Waals surface area contributed by atoms with Crippen LogP contribution in [0.25, 0.3) is 16.7 Å². The van der Waals surface area contributed by atoms with Gasteiger partial charge in [0.25, 0.3) is 5.56 Å². The van der Waals surface area contributed by atoms with Gasteiger partial charge in [0, 0.05) is 12.5 Å². The Morgan fingerprint density at radius 1 is 1.09 bits per heavy atom. The standard InChI is InChI=1S/C23H20N6O3/c1-15-11-20(30)26-18-9-5-6-10-19(18)28(15)21(31)13-27-14-24-22-17(23(27)32)12-25-29(22)16-7-3-2-4-8-16/h2-10,12,14-15H,11,13H2,1H3,(H,26,30)/t15-/m0/s1. The van der Waals surface area contributed by atoms with Crippen molar-refractivity contribution in [1.29, 1.82) is 0 Å². The van der Waals surface area contributed by atoms with E-state index < -0.39 is 0 Å². The van der Waals surface area contributed by atoms with Crippen molar-refractivity contribution in [3.05, 3.63) is 77.5 Å². The highest BCUT2D eigenvalue weighted by molar-refractivity contribution is 6.04. The smallest absolute Gasteiger partial charge is 0.264 e. The van der Waals surface area contributed by atoms with Gasteiger partial charge in [-0.15, -0.1) is 0 Å². The summed E-state index contributed by atoms with van der Waals surface area (Å²) in [4.78, 5) is 44.5. The van der Waals surface area contributed by atoms with Crippen LogP contribution in [0.2, 0.25) is 0 Å². The van der Waals surface area contributed by atoms with Gasteiger partial charge in [0.1, 0.15) is 18.3 Å². The monoisotopic (exact) mass is 428 g/mol. The van der Waals surface area contributed by atoms with Crippen LogP contribution in [0.3, 0.4) is 0 Å². The lowest BCUT2D eigenvalue weighted by Crippen LogP contribution is -2.42. The van der Waals surface area contributed by atoms with E-state index >= 15 is 0 Å². The maximum Gasteiger partial charge on any atom is 0.264 e. The third kappa shape index (κ3) is 3.33. The van der Waals surface area contributed by atoms with E-state index in [2.05, 4.69) is 15.4 Å². The van der Waals surface area contributed by atoms with Crippen molar-refractivity contribution >= 4 is 34.2 Å². The van der Waals surface area contributed by atoms with Crippen molar-refractivity contribution in [2.75, 3.05) is 10.2 Å². The number of rotatable bonds is 3. The van der Waals surface area contributed by atoms with Crippen molar-refractivity contribution in [3.8, 4) is 5.69 Å². The predicted molar refractivity (Wildman–Crippen MR) is 120 cm³/mol. The Morgan fingerprint density at radius 3 is 2.66 bits per heavy atom. The summed E-state index contributed by atoms with van der Waals surface area (Å²) in [5.41, 5.74) is 2.04. The summed E-state index contributed by atoms with van der Waals surface area (Å²) >= 11 is 0. The van der Waals surface area contributed by atoms with Crippen molar-refractivity contribution < 1.29 is 9.59 Å². The summed E-state index contributed by atoms with van der Waals surface area (Å²) in [7, 11) is 0. The quantitative estimate of drug-likeness (QED) is 0.540. The van der Waals surface area contributed by atoms with Crippen molar-refractivity contribution in [1.82, 2.24) is 19.3 Å². The first-order valence-corrected chi connectivity index (χ1v) is 10.2. The highest BCUT2D eigenvalue weighted by atomic mass is 16.2. The van der Waals surface area contributed by atoms with Gasteiger partial charge in [-0.05, 0) is 31.2 Å². The Hall–Kier alpha value is -4.27. The number of carbonyl (C=O) groups is 2. The van der Waals surface area contributed by atoms with Crippen LogP contribution in [0, 0.1) is 0 Å². The second-order valence-electron chi connectivity index (χ2n) is 7.69. The van der Waals surface area contributed by atoms with E-state index in [1.54, 1.807) is 33.8 Å². The lowest BCUT2D eigenvalue weighted by Gasteiger charge is -2.28. The molecule has 9 nitrogen and oxygen atoms in total. The molecule has 0 radical (unpaired) electrons. The zero-order valence-corrected chi connectivity index (χ0v) is 17.3. The molecule has 3 heterocycles. The number of amides is 2. The highest BCUT2D eigenvalue weighted by Crippen LogP contribution is 2.31. The molecular weight excluding hydrogens is 408 g/mol. The van der Waals surface area contributed by atoms with E-state index in [9.17, 15) is 14.4 Å². The SMILES string of the molecule is C[C@H]1CC(=O)Nc2ccccc2N1C(=O)Cn1cnc2c(cnn2-c2ccccc2)c1=O. The Labute approximate surface area is 182 Å². The number of carbonyl (C=O) groups excluding carboxylic acids is 2. The van der Waals surface area contributed by atoms with Crippen LogP contribution >= 0.6 is 0 Å². The summed E-state index contributed by atoms with van der Waals surface area (Å²) < 4.78 is 2.87. The first-order valence-electron chi connectivity index (χ1n) is 10.2. The molecule has 2 amide bonds. The third-order valence-electron chi connectivity index (χ3n) is 5.49. The van der Waals surface area contributed by atoms with Crippen LogP contribution in [0.1, 0.15) is 13.3 Å². The van der Waals surface area contributed by atoms with Crippen molar-refractivity contribution in [2.45, 2.75) is 25.9 Å². The summed E-state index contributed by atoms with van der Waals surface area (Å²) in [5.74, 6) is -0.464. The van der Waals surface area contributed by atoms with E-state index in [4.69, 9.17) is 0 Å². The number of nitrogens with one attached hydrogen (secondary N) is 1. The molecular formula is C23H20N6O3. The predicted octanol–water partition coefficient (Wildman–Crippen LogP) is 2.35. The second-order valence-corrected chi connectivity index (χ2v) is 7.69. The van der Waals surface area contributed by atoms with Gasteiger partial charge in [-0.2, -0.15) is 5.10 Å². The van der Waals surface area contributed by atoms with Gasteiger partial charge >= 0.3 is 0 Å². The minimum Gasteiger partial charge on any atom is -0.324 e.